The first-order chi connectivity index (χ1) is 12.7. The standard InChI is InChI=1S/C20H28N4O2S/c1-20(2)7-6-14(15(21)9-20)18(22)12-4-3-5-13(8-12)23-19(26)24-16-10-27-11-17(16)25/h3-5,8,16-17,22,25H,6-7,9-11,21H2,1-2H3,(H2,23,24,26). The first-order valence-electron chi connectivity index (χ1n) is 9.25. The van der Waals surface area contributed by atoms with E-state index in [1.807, 2.05) is 12.1 Å². The Bertz CT molecular complexity index is 775. The maximum Gasteiger partial charge on any atom is 0.319 e. The Morgan fingerprint density at radius 2 is 2.15 bits per heavy atom. The summed E-state index contributed by atoms with van der Waals surface area (Å²) in [4.78, 5) is 12.2. The van der Waals surface area contributed by atoms with Gasteiger partial charge >= 0.3 is 6.03 Å². The zero-order valence-corrected chi connectivity index (χ0v) is 16.7. The van der Waals surface area contributed by atoms with Crippen LogP contribution in [0.5, 0.6) is 0 Å². The molecule has 1 fully saturated rings. The Kier molecular flexibility index (Phi) is 5.81. The zero-order chi connectivity index (χ0) is 19.6. The van der Waals surface area contributed by atoms with Crippen molar-refractivity contribution in [1.29, 1.82) is 5.41 Å². The van der Waals surface area contributed by atoms with Crippen molar-refractivity contribution in [3.8, 4) is 0 Å². The average molecular weight is 389 g/mol. The van der Waals surface area contributed by atoms with Gasteiger partial charge in [0.25, 0.3) is 0 Å². The smallest absolute Gasteiger partial charge is 0.319 e. The summed E-state index contributed by atoms with van der Waals surface area (Å²) in [6.45, 7) is 4.40. The first kappa shape index (κ1) is 19.8. The molecular formula is C20H28N4O2S. The van der Waals surface area contributed by atoms with Crippen LogP contribution < -0.4 is 16.4 Å². The summed E-state index contributed by atoms with van der Waals surface area (Å²) >= 11 is 1.62. The molecule has 1 heterocycles. The van der Waals surface area contributed by atoms with Crippen molar-refractivity contribution < 1.29 is 9.90 Å². The molecule has 3 rings (SSSR count). The topological polar surface area (TPSA) is 111 Å². The minimum atomic E-state index is -0.509. The molecule has 1 aromatic carbocycles. The van der Waals surface area contributed by atoms with Gasteiger partial charge in [-0.3, -0.25) is 5.41 Å². The van der Waals surface area contributed by atoms with Crippen molar-refractivity contribution in [2.45, 2.75) is 45.3 Å². The van der Waals surface area contributed by atoms with Gasteiger partial charge in [0.2, 0.25) is 0 Å². The number of urea groups is 1. The molecule has 146 valence electrons. The van der Waals surface area contributed by atoms with E-state index in [1.54, 1.807) is 23.9 Å². The SMILES string of the molecule is CC1(C)CCC(C(=N)c2cccc(NC(=O)NC3CSCC3O)c2)=C(N)C1. The van der Waals surface area contributed by atoms with Gasteiger partial charge in [0.1, 0.15) is 0 Å². The molecule has 2 aliphatic rings. The van der Waals surface area contributed by atoms with Gasteiger partial charge in [-0.05, 0) is 42.4 Å². The van der Waals surface area contributed by atoms with Gasteiger partial charge in [0.15, 0.2) is 0 Å². The summed E-state index contributed by atoms with van der Waals surface area (Å²) in [6.07, 6.45) is 2.10. The van der Waals surface area contributed by atoms with E-state index in [-0.39, 0.29) is 17.5 Å². The lowest BCUT2D eigenvalue weighted by atomic mass is 9.75. The highest BCUT2D eigenvalue weighted by atomic mass is 32.2. The van der Waals surface area contributed by atoms with Crippen LogP contribution in [0.2, 0.25) is 0 Å². The van der Waals surface area contributed by atoms with Crippen molar-refractivity contribution in [3.05, 3.63) is 41.1 Å². The maximum atomic E-state index is 12.2. The number of hydrogen-bond donors (Lipinski definition) is 5. The molecule has 7 heteroatoms. The number of nitrogens with two attached hydrogens (primary N) is 1. The van der Waals surface area contributed by atoms with E-state index < -0.39 is 6.10 Å². The molecule has 1 aliphatic heterocycles. The van der Waals surface area contributed by atoms with E-state index in [4.69, 9.17) is 11.1 Å². The van der Waals surface area contributed by atoms with E-state index in [0.717, 1.165) is 36.1 Å². The van der Waals surface area contributed by atoms with Crippen molar-refractivity contribution in [1.82, 2.24) is 5.32 Å². The van der Waals surface area contributed by atoms with E-state index in [9.17, 15) is 9.90 Å². The lowest BCUT2D eigenvalue weighted by molar-refractivity contribution is 0.167. The number of amides is 2. The minimum absolute atomic E-state index is 0.179. The second-order valence-electron chi connectivity index (χ2n) is 8.11. The van der Waals surface area contributed by atoms with Crippen molar-refractivity contribution in [2.24, 2.45) is 11.1 Å². The largest absolute Gasteiger partial charge is 0.402 e. The molecule has 0 bridgehead atoms. The van der Waals surface area contributed by atoms with E-state index >= 15 is 0 Å². The molecule has 2 atom stereocenters. The summed E-state index contributed by atoms with van der Waals surface area (Å²) < 4.78 is 0. The Labute approximate surface area is 164 Å². The third-order valence-electron chi connectivity index (χ3n) is 5.19. The lowest BCUT2D eigenvalue weighted by Gasteiger charge is -2.31. The molecule has 0 radical (unpaired) electrons. The van der Waals surface area contributed by atoms with Gasteiger partial charge in [-0.15, -0.1) is 0 Å². The Balaban J connectivity index is 1.68. The summed E-state index contributed by atoms with van der Waals surface area (Å²) in [6, 6.07) is 6.70. The molecule has 2 amide bonds. The predicted octanol–water partition coefficient (Wildman–Crippen LogP) is 3.08. The highest BCUT2D eigenvalue weighted by Crippen LogP contribution is 2.37. The van der Waals surface area contributed by atoms with Crippen LogP contribution in [-0.2, 0) is 0 Å². The van der Waals surface area contributed by atoms with Gasteiger partial charge in [0.05, 0.1) is 17.9 Å². The number of thioether (sulfide) groups is 1. The Morgan fingerprint density at radius 1 is 1.37 bits per heavy atom. The predicted molar refractivity (Wildman–Crippen MR) is 111 cm³/mol. The lowest BCUT2D eigenvalue weighted by Crippen LogP contribution is -2.44. The summed E-state index contributed by atoms with van der Waals surface area (Å²) in [5.41, 5.74) is 9.90. The third kappa shape index (κ3) is 4.84. The second-order valence-corrected chi connectivity index (χ2v) is 9.19. The highest BCUT2D eigenvalue weighted by Gasteiger charge is 2.28. The normalized spacial score (nSPS) is 24.6. The van der Waals surface area contributed by atoms with Crippen LogP contribution >= 0.6 is 11.8 Å². The minimum Gasteiger partial charge on any atom is -0.402 e. The third-order valence-corrected chi connectivity index (χ3v) is 6.36. The molecule has 1 aromatic rings. The monoisotopic (exact) mass is 388 g/mol. The zero-order valence-electron chi connectivity index (χ0n) is 15.8. The molecule has 0 saturated carbocycles. The number of carbonyl (C=O) groups excluding carboxylic acids is 1. The van der Waals surface area contributed by atoms with Gasteiger partial charge in [-0.2, -0.15) is 11.8 Å². The summed E-state index contributed by atoms with van der Waals surface area (Å²) in [5, 5.41) is 24.0. The Hall–Kier alpha value is -1.99. The molecule has 1 saturated heterocycles. The number of hydrogen-bond acceptors (Lipinski definition) is 5. The number of nitrogens with one attached hydrogen (secondary N) is 3. The van der Waals surface area contributed by atoms with Crippen LogP contribution in [0.4, 0.5) is 10.5 Å². The number of carbonyl (C=O) groups is 1. The molecule has 0 spiro atoms. The van der Waals surface area contributed by atoms with Crippen LogP contribution in [0, 0.1) is 10.8 Å². The molecule has 0 aromatic heterocycles. The molecule has 6 N–H and O–H groups in total. The van der Waals surface area contributed by atoms with Gasteiger partial charge in [0, 0.05) is 28.5 Å². The highest BCUT2D eigenvalue weighted by molar-refractivity contribution is 7.99. The first-order valence-corrected chi connectivity index (χ1v) is 10.4. The van der Waals surface area contributed by atoms with Crippen LogP contribution in [0.15, 0.2) is 35.5 Å². The van der Waals surface area contributed by atoms with Crippen LogP contribution in [-0.4, -0.2) is 40.5 Å². The molecule has 6 nitrogen and oxygen atoms in total. The van der Waals surface area contributed by atoms with Crippen LogP contribution in [0.25, 0.3) is 0 Å². The van der Waals surface area contributed by atoms with Gasteiger partial charge in [-0.25, -0.2) is 4.79 Å². The van der Waals surface area contributed by atoms with E-state index in [0.29, 0.717) is 22.9 Å². The molecule has 2 unspecified atom stereocenters. The molecular weight excluding hydrogens is 360 g/mol. The van der Waals surface area contributed by atoms with E-state index in [2.05, 4.69) is 24.5 Å². The number of allylic oxidation sites excluding steroid dienone is 2. The number of anilines is 1. The van der Waals surface area contributed by atoms with E-state index in [1.165, 1.54) is 0 Å². The number of benzene rings is 1. The maximum absolute atomic E-state index is 12.2. The number of aliphatic hydroxyl groups excluding tert-OH is 1. The van der Waals surface area contributed by atoms with Crippen molar-refractivity contribution in [2.75, 3.05) is 16.8 Å². The van der Waals surface area contributed by atoms with Crippen LogP contribution in [0.1, 0.15) is 38.7 Å². The fourth-order valence-corrected chi connectivity index (χ4v) is 4.73. The number of aliphatic hydroxyl groups is 1. The second kappa shape index (κ2) is 7.94. The van der Waals surface area contributed by atoms with Crippen LogP contribution in [0.3, 0.4) is 0 Å². The Morgan fingerprint density at radius 3 is 2.81 bits per heavy atom. The summed E-state index contributed by atoms with van der Waals surface area (Å²) in [7, 11) is 0. The fourth-order valence-electron chi connectivity index (χ4n) is 3.56. The quantitative estimate of drug-likeness (QED) is 0.510. The summed E-state index contributed by atoms with van der Waals surface area (Å²) in [5.74, 6) is 1.36. The molecule has 27 heavy (non-hydrogen) atoms. The number of rotatable bonds is 4. The van der Waals surface area contributed by atoms with Gasteiger partial charge in [-0.1, -0.05) is 26.0 Å². The fraction of sp³-hybridized carbons (Fsp3) is 0.500. The van der Waals surface area contributed by atoms with Crippen molar-refractivity contribution >= 4 is 29.2 Å². The van der Waals surface area contributed by atoms with Crippen molar-refractivity contribution in [3.63, 3.8) is 0 Å². The van der Waals surface area contributed by atoms with Gasteiger partial charge < -0.3 is 21.5 Å². The average Bonchev–Trinajstić information content (AvgIpc) is 2.98. The molecule has 1 aliphatic carbocycles.